The minimum absolute atomic E-state index is 0.0950. The summed E-state index contributed by atoms with van der Waals surface area (Å²) >= 11 is 0. The normalized spacial score (nSPS) is 29.5. The number of benzene rings is 1. The highest BCUT2D eigenvalue weighted by molar-refractivity contribution is 5.97. The SMILES string of the molecule is CC(C)C(NC(=O)c1ccc(F)cc1)C(=O)NNC(=O)CC12CC3CC(CC(C3)C1)C2. The van der Waals surface area contributed by atoms with E-state index >= 15 is 0 Å². The van der Waals surface area contributed by atoms with Crippen LogP contribution in [-0.2, 0) is 9.59 Å². The van der Waals surface area contributed by atoms with Gasteiger partial charge in [-0.3, -0.25) is 25.2 Å². The van der Waals surface area contributed by atoms with E-state index in [1.807, 2.05) is 13.8 Å². The maximum atomic E-state index is 13.1. The summed E-state index contributed by atoms with van der Waals surface area (Å²) in [5, 5.41) is 2.68. The Balaban J connectivity index is 1.30. The molecule has 0 aromatic heterocycles. The van der Waals surface area contributed by atoms with E-state index in [9.17, 15) is 18.8 Å². The van der Waals surface area contributed by atoms with Crippen LogP contribution in [0.15, 0.2) is 24.3 Å². The average molecular weight is 430 g/mol. The molecule has 3 amide bonds. The Labute approximate surface area is 182 Å². The van der Waals surface area contributed by atoms with Crippen LogP contribution in [0.1, 0.15) is 69.2 Å². The minimum atomic E-state index is -0.822. The van der Waals surface area contributed by atoms with E-state index in [1.165, 1.54) is 43.5 Å². The van der Waals surface area contributed by atoms with E-state index in [4.69, 9.17) is 0 Å². The lowest BCUT2D eigenvalue weighted by atomic mass is 9.49. The van der Waals surface area contributed by atoms with E-state index in [2.05, 4.69) is 16.2 Å². The van der Waals surface area contributed by atoms with Crippen molar-refractivity contribution in [2.24, 2.45) is 29.1 Å². The molecule has 1 atom stereocenters. The van der Waals surface area contributed by atoms with Gasteiger partial charge in [-0.2, -0.15) is 0 Å². The van der Waals surface area contributed by atoms with Gasteiger partial charge >= 0.3 is 0 Å². The zero-order chi connectivity index (χ0) is 22.2. The molecule has 0 radical (unpaired) electrons. The predicted octanol–water partition coefficient (Wildman–Crippen LogP) is 3.33. The molecule has 4 bridgehead atoms. The van der Waals surface area contributed by atoms with Crippen LogP contribution < -0.4 is 16.2 Å². The molecule has 7 heteroatoms. The summed E-state index contributed by atoms with van der Waals surface area (Å²) in [5.74, 6) is 0.573. The van der Waals surface area contributed by atoms with Crippen LogP contribution in [0.4, 0.5) is 4.39 Å². The topological polar surface area (TPSA) is 87.3 Å². The number of nitrogens with one attached hydrogen (secondary N) is 3. The van der Waals surface area contributed by atoms with Gasteiger partial charge in [-0.15, -0.1) is 0 Å². The number of carbonyl (C=O) groups excluding carboxylic acids is 3. The van der Waals surface area contributed by atoms with E-state index < -0.39 is 23.7 Å². The van der Waals surface area contributed by atoms with Crippen LogP contribution >= 0.6 is 0 Å². The lowest BCUT2D eigenvalue weighted by Crippen LogP contribution is -2.55. The van der Waals surface area contributed by atoms with Gasteiger partial charge in [0.05, 0.1) is 0 Å². The predicted molar refractivity (Wildman–Crippen MR) is 114 cm³/mol. The quantitative estimate of drug-likeness (QED) is 0.606. The molecular formula is C24H32FN3O3. The molecular weight excluding hydrogens is 397 g/mol. The van der Waals surface area contributed by atoms with E-state index in [0.29, 0.717) is 6.42 Å². The van der Waals surface area contributed by atoms with Crippen molar-refractivity contribution in [1.82, 2.24) is 16.2 Å². The first-order chi connectivity index (χ1) is 14.7. The molecule has 4 fully saturated rings. The lowest BCUT2D eigenvalue weighted by molar-refractivity contribution is -0.135. The van der Waals surface area contributed by atoms with Crippen LogP contribution in [-0.4, -0.2) is 23.8 Å². The van der Waals surface area contributed by atoms with Crippen LogP contribution in [0.2, 0.25) is 0 Å². The zero-order valence-electron chi connectivity index (χ0n) is 18.2. The summed E-state index contributed by atoms with van der Waals surface area (Å²) in [6, 6.07) is 4.31. The number of hydrogen-bond acceptors (Lipinski definition) is 3. The number of rotatable bonds is 6. The third-order valence-corrected chi connectivity index (χ3v) is 7.37. The van der Waals surface area contributed by atoms with Crippen molar-refractivity contribution >= 4 is 17.7 Å². The van der Waals surface area contributed by atoms with Gasteiger partial charge in [0.25, 0.3) is 11.8 Å². The first kappa shape index (κ1) is 21.8. The smallest absolute Gasteiger partial charge is 0.261 e. The summed E-state index contributed by atoms with van der Waals surface area (Å²) in [7, 11) is 0. The Kier molecular flexibility index (Phi) is 6.04. The fourth-order valence-electron chi connectivity index (χ4n) is 6.46. The van der Waals surface area contributed by atoms with Crippen molar-refractivity contribution in [3.63, 3.8) is 0 Å². The van der Waals surface area contributed by atoms with Gasteiger partial charge in [-0.25, -0.2) is 4.39 Å². The monoisotopic (exact) mass is 429 g/mol. The fourth-order valence-corrected chi connectivity index (χ4v) is 6.46. The molecule has 0 spiro atoms. The number of carbonyl (C=O) groups is 3. The third-order valence-electron chi connectivity index (χ3n) is 7.37. The van der Waals surface area contributed by atoms with Crippen molar-refractivity contribution in [2.45, 2.75) is 64.8 Å². The van der Waals surface area contributed by atoms with Gasteiger partial charge in [0.15, 0.2) is 0 Å². The summed E-state index contributed by atoms with van der Waals surface area (Å²) in [6.07, 6.45) is 7.80. The minimum Gasteiger partial charge on any atom is -0.340 e. The van der Waals surface area contributed by atoms with Gasteiger partial charge in [-0.05, 0) is 91.9 Å². The second-order valence-corrected chi connectivity index (χ2v) is 10.3. The molecule has 4 aliphatic rings. The third kappa shape index (κ3) is 4.91. The molecule has 1 unspecified atom stereocenters. The molecule has 6 nitrogen and oxygen atoms in total. The first-order valence-corrected chi connectivity index (χ1v) is 11.4. The summed E-state index contributed by atoms with van der Waals surface area (Å²) in [4.78, 5) is 37.8. The molecule has 0 heterocycles. The Morgan fingerprint density at radius 1 is 0.968 bits per heavy atom. The lowest BCUT2D eigenvalue weighted by Gasteiger charge is -2.56. The highest BCUT2D eigenvalue weighted by Gasteiger charge is 2.51. The summed E-state index contributed by atoms with van der Waals surface area (Å²) in [6.45, 7) is 3.62. The molecule has 3 N–H and O–H groups in total. The number of amides is 3. The van der Waals surface area contributed by atoms with Gasteiger partial charge in [-0.1, -0.05) is 13.8 Å². The maximum Gasteiger partial charge on any atom is 0.261 e. The number of hydrazine groups is 1. The summed E-state index contributed by atoms with van der Waals surface area (Å²) < 4.78 is 13.1. The van der Waals surface area contributed by atoms with E-state index in [-0.39, 0.29) is 22.8 Å². The van der Waals surface area contributed by atoms with Gasteiger partial charge in [0.2, 0.25) is 5.91 Å². The Bertz CT molecular complexity index is 817. The molecule has 31 heavy (non-hydrogen) atoms. The highest BCUT2D eigenvalue weighted by atomic mass is 19.1. The van der Waals surface area contributed by atoms with Gasteiger partial charge in [0, 0.05) is 12.0 Å². The van der Waals surface area contributed by atoms with Crippen LogP contribution in [0, 0.1) is 34.9 Å². The molecule has 1 aromatic rings. The maximum absolute atomic E-state index is 13.1. The highest BCUT2D eigenvalue weighted by Crippen LogP contribution is 2.61. The number of hydrogen-bond donors (Lipinski definition) is 3. The zero-order valence-corrected chi connectivity index (χ0v) is 18.2. The molecule has 0 saturated heterocycles. The van der Waals surface area contributed by atoms with E-state index in [1.54, 1.807) is 0 Å². The van der Waals surface area contributed by atoms with Crippen molar-refractivity contribution < 1.29 is 18.8 Å². The number of halogens is 1. The van der Waals surface area contributed by atoms with E-state index in [0.717, 1.165) is 37.0 Å². The molecule has 168 valence electrons. The molecule has 5 rings (SSSR count). The van der Waals surface area contributed by atoms with Crippen LogP contribution in [0.3, 0.4) is 0 Å². The van der Waals surface area contributed by atoms with Gasteiger partial charge in [0.1, 0.15) is 11.9 Å². The standard InChI is InChI=1S/C24H32FN3O3/c1-14(2)21(26-22(30)18-3-5-19(25)6-4-18)23(31)28-27-20(29)13-24-10-15-7-16(11-24)9-17(8-15)12-24/h3-6,14-17,21H,7-13H2,1-2H3,(H,26,30)(H,27,29)(H,28,31). The summed E-state index contributed by atoms with van der Waals surface area (Å²) in [5.41, 5.74) is 5.44. The Morgan fingerprint density at radius 2 is 1.52 bits per heavy atom. The Morgan fingerprint density at radius 3 is 2.03 bits per heavy atom. The van der Waals surface area contributed by atoms with Gasteiger partial charge < -0.3 is 5.32 Å². The van der Waals surface area contributed by atoms with Crippen molar-refractivity contribution in [3.8, 4) is 0 Å². The average Bonchev–Trinajstić information content (AvgIpc) is 2.69. The van der Waals surface area contributed by atoms with Crippen LogP contribution in [0.25, 0.3) is 0 Å². The fraction of sp³-hybridized carbons (Fsp3) is 0.625. The molecule has 1 aromatic carbocycles. The van der Waals surface area contributed by atoms with Crippen LogP contribution in [0.5, 0.6) is 0 Å². The van der Waals surface area contributed by atoms with Crippen molar-refractivity contribution in [3.05, 3.63) is 35.6 Å². The van der Waals surface area contributed by atoms with Crippen molar-refractivity contribution in [2.75, 3.05) is 0 Å². The molecule has 0 aliphatic heterocycles. The first-order valence-electron chi connectivity index (χ1n) is 11.4. The largest absolute Gasteiger partial charge is 0.340 e. The second kappa shape index (κ2) is 8.60. The molecule has 4 saturated carbocycles. The second-order valence-electron chi connectivity index (χ2n) is 10.3. The Hall–Kier alpha value is -2.44. The molecule has 4 aliphatic carbocycles. The van der Waals surface area contributed by atoms with Crippen molar-refractivity contribution in [1.29, 1.82) is 0 Å².